The van der Waals surface area contributed by atoms with Gasteiger partial charge in [-0.15, -0.1) is 0 Å². The van der Waals surface area contributed by atoms with Crippen LogP contribution in [0.2, 0.25) is 0 Å². The fourth-order valence-corrected chi connectivity index (χ4v) is 9.45. The highest BCUT2D eigenvalue weighted by molar-refractivity contribution is 6.23. The highest BCUT2D eigenvalue weighted by atomic mass is 15.2. The third kappa shape index (κ3) is 6.70. The van der Waals surface area contributed by atoms with Crippen LogP contribution in [0.5, 0.6) is 0 Å². The predicted octanol–water partition coefficient (Wildman–Crippen LogP) is 14.3. The lowest BCUT2D eigenvalue weighted by Crippen LogP contribution is -2.07. The fourth-order valence-electron chi connectivity index (χ4n) is 9.45. The van der Waals surface area contributed by atoms with E-state index < -0.39 is 0 Å². The summed E-state index contributed by atoms with van der Waals surface area (Å²) in [6, 6.07) is 79.3. The Hall–Kier alpha value is -9.40. The van der Waals surface area contributed by atoms with E-state index in [1.54, 1.807) is 0 Å². The Balaban J connectivity index is 1.04. The summed E-state index contributed by atoms with van der Waals surface area (Å²) in [7, 11) is 0. The molecule has 0 aliphatic rings. The van der Waals surface area contributed by atoms with E-state index in [0.29, 0.717) is 35.1 Å². The number of fused-ring (bicyclic) bond motifs is 7. The highest BCUT2D eigenvalue weighted by Gasteiger charge is 2.24. The lowest BCUT2D eigenvalue weighted by molar-refractivity contribution is 0.953. The summed E-state index contributed by atoms with van der Waals surface area (Å²) in [5.74, 6) is 3.55. The van der Waals surface area contributed by atoms with Gasteiger partial charge in [0, 0.05) is 55.0 Å². The van der Waals surface area contributed by atoms with Crippen molar-refractivity contribution in [2.75, 3.05) is 0 Å². The third-order valence-electron chi connectivity index (χ3n) is 12.6. The van der Waals surface area contributed by atoms with Crippen molar-refractivity contribution in [3.05, 3.63) is 231 Å². The van der Waals surface area contributed by atoms with Gasteiger partial charge in [0.2, 0.25) is 5.95 Å². The first kappa shape index (κ1) is 39.0. The molecule has 13 aromatic rings. The van der Waals surface area contributed by atoms with Crippen LogP contribution in [0.4, 0.5) is 0 Å². The van der Waals surface area contributed by atoms with Gasteiger partial charge in [0.05, 0.1) is 22.1 Å². The van der Waals surface area contributed by atoms with Crippen LogP contribution in [0.1, 0.15) is 0 Å². The lowest BCUT2D eigenvalue weighted by Gasteiger charge is -2.14. The molecule has 68 heavy (non-hydrogen) atoms. The molecule has 0 radical (unpaired) electrons. The molecule has 4 heterocycles. The van der Waals surface area contributed by atoms with Gasteiger partial charge in [-0.3, -0.25) is 4.57 Å². The molecular formula is C60H38N8. The van der Waals surface area contributed by atoms with Gasteiger partial charge < -0.3 is 4.57 Å². The van der Waals surface area contributed by atoms with Crippen molar-refractivity contribution in [1.82, 2.24) is 39.0 Å². The van der Waals surface area contributed by atoms with Gasteiger partial charge in [0.25, 0.3) is 0 Å². The summed E-state index contributed by atoms with van der Waals surface area (Å²) in [5.41, 5.74) is 11.9. The van der Waals surface area contributed by atoms with Crippen molar-refractivity contribution in [1.29, 1.82) is 0 Å². The molecule has 4 aromatic heterocycles. The van der Waals surface area contributed by atoms with E-state index in [9.17, 15) is 0 Å². The standard InChI is InChI=1S/C60H38N8/c1-5-18-39(19-6-1)44-26-17-27-45(38-44)59-64-58(42-24-11-4-12-25-42)65-60(66-59)68-52-31-16-14-29-48(52)50-37-36-49-47-28-13-15-30-51(47)67(53(49)54(50)68)46-34-32-43(33-35-46)57-62-55(40-20-7-2-8-21-40)61-56(63-57)41-22-9-3-10-23-41/h1-38H. The Morgan fingerprint density at radius 3 is 1.12 bits per heavy atom. The van der Waals surface area contributed by atoms with Crippen molar-refractivity contribution in [3.63, 3.8) is 0 Å². The van der Waals surface area contributed by atoms with Crippen LogP contribution in [0.25, 0.3) is 123 Å². The molecular weight excluding hydrogens is 833 g/mol. The first-order chi connectivity index (χ1) is 33.7. The SMILES string of the molecule is c1ccc(-c2cccc(-c3nc(-c4ccccc4)nc(-n4c5ccccc5c5ccc6c7ccccc7n(-c7ccc(-c8nc(-c9ccccc9)nc(-c9ccccc9)n8)cc7)c6c54)n3)c2)cc1. The molecule has 0 atom stereocenters. The van der Waals surface area contributed by atoms with E-state index in [-0.39, 0.29) is 0 Å². The summed E-state index contributed by atoms with van der Waals surface area (Å²) in [6.45, 7) is 0. The Kier molecular flexibility index (Phi) is 9.31. The Bertz CT molecular complexity index is 3940. The second kappa shape index (κ2) is 16.2. The molecule has 0 N–H and O–H groups in total. The van der Waals surface area contributed by atoms with Crippen LogP contribution in [-0.2, 0) is 0 Å². The van der Waals surface area contributed by atoms with E-state index in [4.69, 9.17) is 29.9 Å². The number of hydrogen-bond acceptors (Lipinski definition) is 6. The van der Waals surface area contributed by atoms with E-state index in [1.807, 2.05) is 84.9 Å². The van der Waals surface area contributed by atoms with Crippen molar-refractivity contribution in [2.45, 2.75) is 0 Å². The molecule has 0 aliphatic carbocycles. The minimum Gasteiger partial charge on any atom is -0.307 e. The molecule has 0 bridgehead atoms. The summed E-state index contributed by atoms with van der Waals surface area (Å²) < 4.78 is 4.60. The monoisotopic (exact) mass is 870 g/mol. The minimum absolute atomic E-state index is 0.531. The molecule has 8 heteroatoms. The minimum atomic E-state index is 0.531. The number of nitrogens with zero attached hydrogens (tertiary/aromatic N) is 8. The van der Waals surface area contributed by atoms with Crippen LogP contribution in [0, 0.1) is 0 Å². The van der Waals surface area contributed by atoms with Crippen LogP contribution < -0.4 is 0 Å². The normalized spacial score (nSPS) is 11.5. The van der Waals surface area contributed by atoms with Crippen molar-refractivity contribution < 1.29 is 0 Å². The van der Waals surface area contributed by atoms with Crippen molar-refractivity contribution in [3.8, 4) is 79.7 Å². The largest absolute Gasteiger partial charge is 0.307 e. The summed E-state index contributed by atoms with van der Waals surface area (Å²) >= 11 is 0. The molecule has 0 fully saturated rings. The number of para-hydroxylation sites is 2. The maximum Gasteiger partial charge on any atom is 0.238 e. The van der Waals surface area contributed by atoms with Crippen molar-refractivity contribution in [2.24, 2.45) is 0 Å². The zero-order valence-electron chi connectivity index (χ0n) is 36.5. The average molecular weight is 871 g/mol. The second-order valence-electron chi connectivity index (χ2n) is 16.7. The van der Waals surface area contributed by atoms with Gasteiger partial charge in [-0.2, -0.15) is 9.97 Å². The molecule has 0 saturated carbocycles. The highest BCUT2D eigenvalue weighted by Crippen LogP contribution is 2.42. The molecule has 0 unspecified atom stereocenters. The molecule has 0 amide bonds. The Labute approximate surface area is 391 Å². The van der Waals surface area contributed by atoms with E-state index in [1.165, 1.54) is 0 Å². The Morgan fingerprint density at radius 1 is 0.235 bits per heavy atom. The summed E-state index contributed by atoms with van der Waals surface area (Å²) in [6.07, 6.45) is 0. The molecule has 9 aromatic carbocycles. The van der Waals surface area contributed by atoms with Gasteiger partial charge >= 0.3 is 0 Å². The smallest absolute Gasteiger partial charge is 0.238 e. The van der Waals surface area contributed by atoms with E-state index in [2.05, 4.69) is 155 Å². The molecule has 0 aliphatic heterocycles. The van der Waals surface area contributed by atoms with E-state index in [0.717, 1.165) is 88.2 Å². The number of rotatable bonds is 8. The first-order valence-electron chi connectivity index (χ1n) is 22.6. The molecule has 13 rings (SSSR count). The average Bonchev–Trinajstić information content (AvgIpc) is 3.95. The quantitative estimate of drug-likeness (QED) is 0.151. The number of benzene rings is 9. The molecule has 0 saturated heterocycles. The topological polar surface area (TPSA) is 87.2 Å². The second-order valence-corrected chi connectivity index (χ2v) is 16.7. The molecule has 318 valence electrons. The number of aromatic nitrogens is 8. The fraction of sp³-hybridized carbons (Fsp3) is 0. The maximum atomic E-state index is 5.39. The third-order valence-corrected chi connectivity index (χ3v) is 12.6. The number of hydrogen-bond donors (Lipinski definition) is 0. The van der Waals surface area contributed by atoms with Crippen LogP contribution in [-0.4, -0.2) is 39.0 Å². The first-order valence-corrected chi connectivity index (χ1v) is 22.6. The lowest BCUT2D eigenvalue weighted by atomic mass is 10.0. The summed E-state index contributed by atoms with van der Waals surface area (Å²) in [4.78, 5) is 30.9. The van der Waals surface area contributed by atoms with Crippen LogP contribution in [0.3, 0.4) is 0 Å². The van der Waals surface area contributed by atoms with Crippen LogP contribution >= 0.6 is 0 Å². The van der Waals surface area contributed by atoms with Crippen molar-refractivity contribution >= 4 is 43.6 Å². The molecule has 8 nitrogen and oxygen atoms in total. The summed E-state index contributed by atoms with van der Waals surface area (Å²) in [5, 5.41) is 4.45. The van der Waals surface area contributed by atoms with Gasteiger partial charge in [0.1, 0.15) is 0 Å². The zero-order valence-corrected chi connectivity index (χ0v) is 36.5. The zero-order chi connectivity index (χ0) is 45.0. The van der Waals surface area contributed by atoms with Gasteiger partial charge in [-0.25, -0.2) is 19.9 Å². The molecule has 0 spiro atoms. The van der Waals surface area contributed by atoms with Crippen LogP contribution in [0.15, 0.2) is 231 Å². The Morgan fingerprint density at radius 2 is 0.603 bits per heavy atom. The van der Waals surface area contributed by atoms with Gasteiger partial charge in [-0.1, -0.05) is 188 Å². The van der Waals surface area contributed by atoms with E-state index >= 15 is 0 Å². The predicted molar refractivity (Wildman–Crippen MR) is 275 cm³/mol. The van der Waals surface area contributed by atoms with Gasteiger partial charge in [0.15, 0.2) is 29.1 Å². The maximum absolute atomic E-state index is 5.39. The van der Waals surface area contributed by atoms with Gasteiger partial charge in [-0.05, 0) is 53.6 Å².